The Bertz CT molecular complexity index is 833. The number of hydrogen-bond acceptors (Lipinski definition) is 3. The second-order valence-corrected chi connectivity index (χ2v) is 7.19. The first-order valence-corrected chi connectivity index (χ1v) is 9.43. The molecule has 2 aromatic carbocycles. The predicted octanol–water partition coefficient (Wildman–Crippen LogP) is 4.61. The fraction of sp³-hybridized carbons (Fsp3) is 0.273. The molecule has 0 heterocycles. The molecular formula is C22H24ClNO4. The van der Waals surface area contributed by atoms with Crippen LogP contribution in [0.25, 0.3) is 11.1 Å². The molecule has 0 unspecified atom stereocenters. The Morgan fingerprint density at radius 3 is 2.43 bits per heavy atom. The molecule has 3 N–H and O–H groups in total. The fourth-order valence-corrected chi connectivity index (χ4v) is 3.08. The van der Waals surface area contributed by atoms with E-state index in [4.69, 9.17) is 16.7 Å². The molecule has 0 amide bonds. The van der Waals surface area contributed by atoms with E-state index in [2.05, 4.69) is 5.32 Å². The number of carboxylic acids is 2. The lowest BCUT2D eigenvalue weighted by atomic mass is 9.95. The van der Waals surface area contributed by atoms with E-state index in [1.807, 2.05) is 48.5 Å². The summed E-state index contributed by atoms with van der Waals surface area (Å²) >= 11 is 6.05. The van der Waals surface area contributed by atoms with Gasteiger partial charge in [-0.2, -0.15) is 0 Å². The van der Waals surface area contributed by atoms with Gasteiger partial charge in [0, 0.05) is 11.1 Å². The smallest absolute Gasteiger partial charge is 0.307 e. The molecule has 148 valence electrons. The molecule has 28 heavy (non-hydrogen) atoms. The van der Waals surface area contributed by atoms with Crippen LogP contribution in [0, 0.1) is 5.92 Å². The van der Waals surface area contributed by atoms with Crippen molar-refractivity contribution in [2.75, 3.05) is 0 Å². The summed E-state index contributed by atoms with van der Waals surface area (Å²) in [5.41, 5.74) is 3.15. The van der Waals surface area contributed by atoms with Gasteiger partial charge in [0.05, 0.1) is 12.3 Å². The zero-order chi connectivity index (χ0) is 20.5. The summed E-state index contributed by atoms with van der Waals surface area (Å²) < 4.78 is 0. The van der Waals surface area contributed by atoms with Gasteiger partial charge in [-0.15, -0.1) is 0 Å². The first-order chi connectivity index (χ1) is 13.3. The van der Waals surface area contributed by atoms with E-state index < -0.39 is 17.9 Å². The molecule has 2 rings (SSSR count). The van der Waals surface area contributed by atoms with Gasteiger partial charge in [-0.25, -0.2) is 0 Å². The number of rotatable bonds is 10. The lowest BCUT2D eigenvalue weighted by Gasteiger charge is -2.20. The summed E-state index contributed by atoms with van der Waals surface area (Å²) in [4.78, 5) is 21.8. The van der Waals surface area contributed by atoms with E-state index in [-0.39, 0.29) is 12.5 Å². The van der Waals surface area contributed by atoms with Gasteiger partial charge < -0.3 is 15.5 Å². The van der Waals surface area contributed by atoms with Crippen molar-refractivity contribution >= 4 is 23.5 Å². The van der Waals surface area contributed by atoms with Crippen molar-refractivity contribution in [2.24, 2.45) is 5.92 Å². The van der Waals surface area contributed by atoms with Crippen LogP contribution in [0.15, 0.2) is 60.8 Å². The van der Waals surface area contributed by atoms with Gasteiger partial charge in [-0.05, 0) is 47.9 Å². The second kappa shape index (κ2) is 10.5. The molecule has 2 atom stereocenters. The Kier molecular flexibility index (Phi) is 8.08. The first-order valence-electron chi connectivity index (χ1n) is 9.05. The van der Waals surface area contributed by atoms with Gasteiger partial charge in [0.15, 0.2) is 0 Å². The van der Waals surface area contributed by atoms with Gasteiger partial charge in [0.2, 0.25) is 0 Å². The van der Waals surface area contributed by atoms with Crippen molar-refractivity contribution in [1.82, 2.24) is 5.32 Å². The van der Waals surface area contributed by atoms with Crippen LogP contribution < -0.4 is 5.32 Å². The molecule has 0 fully saturated rings. The van der Waals surface area contributed by atoms with Crippen molar-refractivity contribution in [1.29, 1.82) is 0 Å². The highest BCUT2D eigenvalue weighted by Gasteiger charge is 2.18. The minimum atomic E-state index is -0.912. The summed E-state index contributed by atoms with van der Waals surface area (Å²) in [6.45, 7) is 1.67. The van der Waals surface area contributed by atoms with Gasteiger partial charge in [-0.1, -0.05) is 61.0 Å². The molecule has 0 aromatic heterocycles. The second-order valence-electron chi connectivity index (χ2n) is 6.75. The maximum absolute atomic E-state index is 11.2. The van der Waals surface area contributed by atoms with Crippen LogP contribution in [0.1, 0.15) is 25.3 Å². The number of aliphatic carboxylic acids is 2. The highest BCUT2D eigenvalue weighted by molar-refractivity contribution is 6.30. The van der Waals surface area contributed by atoms with Crippen LogP contribution >= 0.6 is 11.6 Å². The Labute approximate surface area is 169 Å². The SMILES string of the molecule is C[C@H](C[C@@H](Cc1ccc(-c2cccc(Cl)c2)cc1)NC=CCC(=O)O)C(=O)O. The molecule has 0 aliphatic rings. The number of carboxylic acid groups (broad SMARTS) is 2. The Morgan fingerprint density at radius 1 is 1.11 bits per heavy atom. The maximum atomic E-state index is 11.2. The minimum absolute atomic E-state index is 0.0808. The Morgan fingerprint density at radius 2 is 1.82 bits per heavy atom. The van der Waals surface area contributed by atoms with E-state index in [1.54, 1.807) is 13.1 Å². The summed E-state index contributed by atoms with van der Waals surface area (Å²) in [7, 11) is 0. The van der Waals surface area contributed by atoms with Crippen LogP contribution in [0.2, 0.25) is 5.02 Å². The highest BCUT2D eigenvalue weighted by atomic mass is 35.5. The fourth-order valence-electron chi connectivity index (χ4n) is 2.89. The first kappa shape index (κ1) is 21.5. The normalized spacial score (nSPS) is 13.2. The summed E-state index contributed by atoms with van der Waals surface area (Å²) in [6.07, 6.45) is 4.09. The number of hydrogen-bond donors (Lipinski definition) is 3. The van der Waals surface area contributed by atoms with Crippen LogP contribution in [0.5, 0.6) is 0 Å². The van der Waals surface area contributed by atoms with Crippen molar-refractivity contribution < 1.29 is 19.8 Å². The minimum Gasteiger partial charge on any atom is -0.481 e. The maximum Gasteiger partial charge on any atom is 0.307 e. The van der Waals surface area contributed by atoms with Gasteiger partial charge >= 0.3 is 11.9 Å². The van der Waals surface area contributed by atoms with Gasteiger partial charge in [0.1, 0.15) is 0 Å². The molecular weight excluding hydrogens is 378 g/mol. The molecule has 0 saturated heterocycles. The number of carbonyl (C=O) groups is 2. The van der Waals surface area contributed by atoms with E-state index in [0.717, 1.165) is 16.7 Å². The third kappa shape index (κ3) is 7.08. The van der Waals surface area contributed by atoms with Crippen LogP contribution in [-0.4, -0.2) is 28.2 Å². The number of halogens is 1. The molecule has 0 bridgehead atoms. The molecule has 0 saturated carbocycles. The van der Waals surface area contributed by atoms with Crippen LogP contribution in [-0.2, 0) is 16.0 Å². The molecule has 0 radical (unpaired) electrons. The molecule has 0 aliphatic carbocycles. The van der Waals surface area contributed by atoms with Crippen molar-refractivity contribution in [3.05, 3.63) is 71.4 Å². The van der Waals surface area contributed by atoms with E-state index >= 15 is 0 Å². The average Bonchev–Trinajstić information content (AvgIpc) is 2.65. The van der Waals surface area contributed by atoms with E-state index in [9.17, 15) is 14.7 Å². The number of nitrogens with one attached hydrogen (secondary N) is 1. The standard InChI is InChI=1S/C22H24ClNO4/c1-15(22(27)28)12-20(24-11-3-6-21(25)26)13-16-7-9-17(10-8-16)18-4-2-5-19(23)14-18/h2-5,7-11,14-15,20,24H,6,12-13H2,1H3,(H,25,26)(H,27,28)/t15-,20+/m1/s1. The zero-order valence-corrected chi connectivity index (χ0v) is 16.4. The lowest BCUT2D eigenvalue weighted by Crippen LogP contribution is -2.31. The third-order valence-corrected chi connectivity index (χ3v) is 4.63. The van der Waals surface area contributed by atoms with Crippen LogP contribution in [0.3, 0.4) is 0 Å². The predicted molar refractivity (Wildman–Crippen MR) is 110 cm³/mol. The number of benzene rings is 2. The van der Waals surface area contributed by atoms with Gasteiger partial charge in [-0.3, -0.25) is 9.59 Å². The van der Waals surface area contributed by atoms with Gasteiger partial charge in [0.25, 0.3) is 0 Å². The Hall–Kier alpha value is -2.79. The summed E-state index contributed by atoms with van der Waals surface area (Å²) in [5.74, 6) is -2.26. The largest absolute Gasteiger partial charge is 0.481 e. The van der Waals surface area contributed by atoms with Crippen molar-refractivity contribution in [2.45, 2.75) is 32.2 Å². The van der Waals surface area contributed by atoms with E-state index in [1.165, 1.54) is 6.08 Å². The summed E-state index contributed by atoms with van der Waals surface area (Å²) in [6, 6.07) is 15.6. The lowest BCUT2D eigenvalue weighted by molar-refractivity contribution is -0.141. The summed E-state index contributed by atoms with van der Waals surface area (Å²) in [5, 5.41) is 21.7. The monoisotopic (exact) mass is 401 g/mol. The van der Waals surface area contributed by atoms with Crippen molar-refractivity contribution in [3.8, 4) is 11.1 Å². The van der Waals surface area contributed by atoms with Crippen molar-refractivity contribution in [3.63, 3.8) is 0 Å². The topological polar surface area (TPSA) is 86.6 Å². The third-order valence-electron chi connectivity index (χ3n) is 4.40. The molecule has 6 heteroatoms. The average molecular weight is 402 g/mol. The van der Waals surface area contributed by atoms with Crippen LogP contribution in [0.4, 0.5) is 0 Å². The highest BCUT2D eigenvalue weighted by Crippen LogP contribution is 2.23. The molecule has 5 nitrogen and oxygen atoms in total. The quantitative estimate of drug-likeness (QED) is 0.541. The zero-order valence-electron chi connectivity index (χ0n) is 15.6. The molecule has 0 aliphatic heterocycles. The molecule has 2 aromatic rings. The van der Waals surface area contributed by atoms with E-state index in [0.29, 0.717) is 17.9 Å². The Balaban J connectivity index is 2.07. The molecule has 0 spiro atoms.